The van der Waals surface area contributed by atoms with Gasteiger partial charge in [0.1, 0.15) is 0 Å². The molecule has 1 heterocycles. The summed E-state index contributed by atoms with van der Waals surface area (Å²) in [5, 5.41) is 0.655. The Morgan fingerprint density at radius 3 is 2.65 bits per heavy atom. The van der Waals surface area contributed by atoms with Gasteiger partial charge in [-0.25, -0.2) is 0 Å². The summed E-state index contributed by atoms with van der Waals surface area (Å²) < 4.78 is 0. The van der Waals surface area contributed by atoms with Gasteiger partial charge in [0.15, 0.2) is 6.29 Å². The van der Waals surface area contributed by atoms with Crippen molar-refractivity contribution in [2.24, 2.45) is 0 Å². The van der Waals surface area contributed by atoms with Crippen molar-refractivity contribution >= 4 is 29.5 Å². The fraction of sp³-hybridized carbons (Fsp3) is 0. The van der Waals surface area contributed by atoms with Crippen molar-refractivity contribution in [3.05, 3.63) is 56.4 Å². The van der Waals surface area contributed by atoms with Crippen LogP contribution in [0.15, 0.2) is 35.3 Å². The van der Waals surface area contributed by atoms with E-state index >= 15 is 0 Å². The molecule has 2 rings (SSSR count). The Labute approximate surface area is 107 Å². The van der Waals surface area contributed by atoms with Crippen molar-refractivity contribution in [1.82, 2.24) is 4.98 Å². The van der Waals surface area contributed by atoms with Crippen molar-refractivity contribution in [2.45, 2.75) is 0 Å². The molecule has 5 heteroatoms. The molecule has 0 aliphatic rings. The van der Waals surface area contributed by atoms with Gasteiger partial charge >= 0.3 is 0 Å². The maximum absolute atomic E-state index is 11.7. The highest BCUT2D eigenvalue weighted by molar-refractivity contribution is 6.43. The zero-order chi connectivity index (χ0) is 12.4. The van der Waals surface area contributed by atoms with Crippen LogP contribution in [0.1, 0.15) is 10.4 Å². The Morgan fingerprint density at radius 1 is 1.18 bits per heavy atom. The molecule has 0 fully saturated rings. The molecule has 0 spiro atoms. The minimum Gasteiger partial charge on any atom is -0.328 e. The summed E-state index contributed by atoms with van der Waals surface area (Å²) in [4.78, 5) is 24.8. The topological polar surface area (TPSA) is 49.9 Å². The van der Waals surface area contributed by atoms with Crippen LogP contribution in [0, 0.1) is 0 Å². The van der Waals surface area contributed by atoms with Gasteiger partial charge in [-0.15, -0.1) is 0 Å². The lowest BCUT2D eigenvalue weighted by molar-refractivity contribution is 0.112. The number of hydrogen-bond donors (Lipinski definition) is 1. The molecule has 0 aliphatic carbocycles. The second kappa shape index (κ2) is 4.73. The quantitative estimate of drug-likeness (QED) is 0.850. The number of H-pyrrole nitrogens is 1. The van der Waals surface area contributed by atoms with Gasteiger partial charge in [0.05, 0.1) is 10.0 Å². The number of nitrogens with one attached hydrogen (secondary N) is 1. The summed E-state index contributed by atoms with van der Waals surface area (Å²) in [6, 6.07) is 6.47. The molecule has 0 unspecified atom stereocenters. The maximum atomic E-state index is 11.7. The minimum atomic E-state index is -0.320. The minimum absolute atomic E-state index is 0.294. The molecule has 1 aromatic heterocycles. The van der Waals surface area contributed by atoms with Crippen LogP contribution >= 0.6 is 23.2 Å². The standard InChI is InChI=1S/C12H7Cl2NO2/c13-10-3-1-2-8(11(10)14)9-4-7(6-16)5-15-12(9)17/h1-6H,(H,15,17). The third kappa shape index (κ3) is 2.25. The fourth-order valence-electron chi connectivity index (χ4n) is 1.48. The zero-order valence-corrected chi connectivity index (χ0v) is 10.0. The predicted octanol–water partition coefficient (Wildman–Crippen LogP) is 3.16. The third-order valence-electron chi connectivity index (χ3n) is 2.30. The summed E-state index contributed by atoms with van der Waals surface area (Å²) in [7, 11) is 0. The number of benzene rings is 1. The fourth-order valence-corrected chi connectivity index (χ4v) is 1.88. The van der Waals surface area contributed by atoms with Crippen LogP contribution in [-0.4, -0.2) is 11.3 Å². The van der Waals surface area contributed by atoms with E-state index in [0.29, 0.717) is 33.0 Å². The zero-order valence-electron chi connectivity index (χ0n) is 8.54. The van der Waals surface area contributed by atoms with Gasteiger partial charge in [-0.3, -0.25) is 9.59 Å². The second-order valence-corrected chi connectivity index (χ2v) is 4.18. The van der Waals surface area contributed by atoms with Gasteiger partial charge < -0.3 is 4.98 Å². The lowest BCUT2D eigenvalue weighted by atomic mass is 10.1. The number of carbonyl (C=O) groups excluding carboxylic acids is 1. The van der Waals surface area contributed by atoms with E-state index in [2.05, 4.69) is 4.98 Å². The molecule has 0 saturated heterocycles. The molecular weight excluding hydrogens is 261 g/mol. The SMILES string of the molecule is O=Cc1c[nH]c(=O)c(-c2cccc(Cl)c2Cl)c1. The molecule has 0 amide bonds. The average molecular weight is 268 g/mol. The van der Waals surface area contributed by atoms with E-state index in [1.54, 1.807) is 18.2 Å². The molecule has 2 aromatic rings. The van der Waals surface area contributed by atoms with Crippen molar-refractivity contribution in [1.29, 1.82) is 0 Å². The molecular formula is C12H7Cl2NO2. The van der Waals surface area contributed by atoms with Gasteiger partial charge in [-0.1, -0.05) is 35.3 Å². The van der Waals surface area contributed by atoms with Crippen molar-refractivity contribution < 1.29 is 4.79 Å². The van der Waals surface area contributed by atoms with E-state index < -0.39 is 0 Å². The van der Waals surface area contributed by atoms with Crippen LogP contribution in [0.5, 0.6) is 0 Å². The van der Waals surface area contributed by atoms with Crippen LogP contribution in [0.2, 0.25) is 10.0 Å². The Bertz CT molecular complexity index is 635. The van der Waals surface area contributed by atoms with Gasteiger partial charge in [-0.2, -0.15) is 0 Å². The molecule has 1 N–H and O–H groups in total. The Morgan fingerprint density at radius 2 is 1.94 bits per heavy atom. The van der Waals surface area contributed by atoms with E-state index in [4.69, 9.17) is 23.2 Å². The lowest BCUT2D eigenvalue weighted by Gasteiger charge is -2.05. The Balaban J connectivity index is 2.72. The van der Waals surface area contributed by atoms with Gasteiger partial charge in [0.2, 0.25) is 0 Å². The Kier molecular flexibility index (Phi) is 3.31. The predicted molar refractivity (Wildman–Crippen MR) is 67.9 cm³/mol. The van der Waals surface area contributed by atoms with Gasteiger partial charge in [0.25, 0.3) is 5.56 Å². The number of carbonyl (C=O) groups is 1. The first-order valence-corrected chi connectivity index (χ1v) is 5.51. The van der Waals surface area contributed by atoms with Crippen molar-refractivity contribution in [2.75, 3.05) is 0 Å². The van der Waals surface area contributed by atoms with E-state index in [1.165, 1.54) is 12.3 Å². The largest absolute Gasteiger partial charge is 0.328 e. The van der Waals surface area contributed by atoms with Crippen LogP contribution in [0.3, 0.4) is 0 Å². The smallest absolute Gasteiger partial charge is 0.255 e. The molecule has 0 radical (unpaired) electrons. The third-order valence-corrected chi connectivity index (χ3v) is 3.12. The first kappa shape index (κ1) is 11.9. The summed E-state index contributed by atoms with van der Waals surface area (Å²) in [6.45, 7) is 0. The van der Waals surface area contributed by atoms with E-state index in [0.717, 1.165) is 0 Å². The lowest BCUT2D eigenvalue weighted by Crippen LogP contribution is -2.09. The highest BCUT2D eigenvalue weighted by Gasteiger charge is 2.10. The maximum Gasteiger partial charge on any atom is 0.255 e. The second-order valence-electron chi connectivity index (χ2n) is 3.40. The van der Waals surface area contributed by atoms with Crippen LogP contribution in [-0.2, 0) is 0 Å². The molecule has 3 nitrogen and oxygen atoms in total. The first-order chi connectivity index (χ1) is 8.13. The molecule has 0 saturated carbocycles. The number of pyridine rings is 1. The molecule has 17 heavy (non-hydrogen) atoms. The van der Waals surface area contributed by atoms with Crippen LogP contribution in [0.4, 0.5) is 0 Å². The first-order valence-electron chi connectivity index (χ1n) is 4.76. The van der Waals surface area contributed by atoms with E-state index in [1.807, 2.05) is 0 Å². The molecule has 0 bridgehead atoms. The van der Waals surface area contributed by atoms with Gasteiger partial charge in [0, 0.05) is 22.9 Å². The number of halogens is 2. The van der Waals surface area contributed by atoms with E-state index in [9.17, 15) is 9.59 Å². The summed E-state index contributed by atoms with van der Waals surface area (Å²) in [5.74, 6) is 0. The molecule has 1 aromatic carbocycles. The van der Waals surface area contributed by atoms with Crippen molar-refractivity contribution in [3.8, 4) is 11.1 Å². The van der Waals surface area contributed by atoms with Crippen LogP contribution in [0.25, 0.3) is 11.1 Å². The van der Waals surface area contributed by atoms with Gasteiger partial charge in [-0.05, 0) is 12.1 Å². The number of hydrogen-bond acceptors (Lipinski definition) is 2. The number of aromatic amines is 1. The molecule has 86 valence electrons. The monoisotopic (exact) mass is 267 g/mol. The molecule has 0 atom stereocenters. The van der Waals surface area contributed by atoms with E-state index in [-0.39, 0.29) is 5.56 Å². The van der Waals surface area contributed by atoms with Crippen LogP contribution < -0.4 is 5.56 Å². The summed E-state index contributed by atoms with van der Waals surface area (Å²) >= 11 is 11.9. The summed E-state index contributed by atoms with van der Waals surface area (Å²) in [6.07, 6.45) is 2.00. The highest BCUT2D eigenvalue weighted by Crippen LogP contribution is 2.31. The number of aldehydes is 1. The number of aromatic nitrogens is 1. The van der Waals surface area contributed by atoms with Crippen molar-refractivity contribution in [3.63, 3.8) is 0 Å². The molecule has 0 aliphatic heterocycles. The average Bonchev–Trinajstić information content (AvgIpc) is 2.34. The summed E-state index contributed by atoms with van der Waals surface area (Å²) in [5.41, 5.74) is 0.877. The number of rotatable bonds is 2. The normalized spacial score (nSPS) is 10.2. The highest BCUT2D eigenvalue weighted by atomic mass is 35.5. The Hall–Kier alpha value is -1.58.